The van der Waals surface area contributed by atoms with Crippen LogP contribution in [0, 0.1) is 5.92 Å². The molecule has 19 heavy (non-hydrogen) atoms. The second kappa shape index (κ2) is 5.65. The van der Waals surface area contributed by atoms with Crippen LogP contribution in [0.2, 0.25) is 0 Å². The van der Waals surface area contributed by atoms with Gasteiger partial charge in [-0.3, -0.25) is 4.99 Å². The van der Waals surface area contributed by atoms with E-state index in [-0.39, 0.29) is 0 Å². The maximum atomic E-state index is 4.95. The third kappa shape index (κ3) is 2.80. The van der Waals surface area contributed by atoms with Crippen molar-refractivity contribution in [2.24, 2.45) is 10.9 Å². The first-order valence-electron chi connectivity index (χ1n) is 7.81. The van der Waals surface area contributed by atoms with Crippen LogP contribution in [0.1, 0.15) is 44.9 Å². The van der Waals surface area contributed by atoms with E-state index in [2.05, 4.69) is 24.3 Å². The summed E-state index contributed by atoms with van der Waals surface area (Å²) in [7, 11) is 4.44. The number of hydrogen-bond donors (Lipinski definition) is 1. The summed E-state index contributed by atoms with van der Waals surface area (Å²) in [5, 5.41) is 4.91. The van der Waals surface area contributed by atoms with E-state index in [1.807, 2.05) is 11.8 Å². The molecule has 0 aromatic heterocycles. The van der Waals surface area contributed by atoms with Gasteiger partial charge in [0.15, 0.2) is 5.17 Å². The maximum Gasteiger partial charge on any atom is 0.156 e. The van der Waals surface area contributed by atoms with Crippen molar-refractivity contribution in [1.82, 2.24) is 10.2 Å². The minimum atomic E-state index is 0.335. The molecule has 2 atom stereocenters. The van der Waals surface area contributed by atoms with Crippen LogP contribution in [-0.4, -0.2) is 48.0 Å². The number of aliphatic imine (C=N–C) groups is 1. The van der Waals surface area contributed by atoms with Crippen LogP contribution in [-0.2, 0) is 0 Å². The third-order valence-electron chi connectivity index (χ3n) is 5.40. The summed E-state index contributed by atoms with van der Waals surface area (Å²) >= 11 is 1.95. The van der Waals surface area contributed by atoms with Gasteiger partial charge in [0.05, 0.1) is 6.54 Å². The van der Waals surface area contributed by atoms with Gasteiger partial charge in [-0.25, -0.2) is 0 Å². The number of hydrogen-bond acceptors (Lipinski definition) is 3. The van der Waals surface area contributed by atoms with Crippen LogP contribution in [0.5, 0.6) is 0 Å². The summed E-state index contributed by atoms with van der Waals surface area (Å²) in [6.07, 6.45) is 9.53. The number of rotatable bonds is 3. The largest absolute Gasteiger partial charge is 0.362 e. The molecule has 108 valence electrons. The van der Waals surface area contributed by atoms with E-state index >= 15 is 0 Å². The summed E-state index contributed by atoms with van der Waals surface area (Å²) in [5.74, 6) is 2.18. The first kappa shape index (κ1) is 13.7. The van der Waals surface area contributed by atoms with Gasteiger partial charge in [-0.1, -0.05) is 31.0 Å². The Bertz CT molecular complexity index is 347. The van der Waals surface area contributed by atoms with Gasteiger partial charge in [0.25, 0.3) is 0 Å². The lowest BCUT2D eigenvalue weighted by Crippen LogP contribution is -2.46. The van der Waals surface area contributed by atoms with Crippen molar-refractivity contribution in [2.45, 2.75) is 56.5 Å². The van der Waals surface area contributed by atoms with Crippen molar-refractivity contribution in [3.8, 4) is 0 Å². The molecule has 1 heterocycles. The van der Waals surface area contributed by atoms with Crippen molar-refractivity contribution in [3.63, 3.8) is 0 Å². The molecular weight excluding hydrogens is 254 g/mol. The molecule has 2 unspecified atom stereocenters. The van der Waals surface area contributed by atoms with E-state index in [1.54, 1.807) is 0 Å². The van der Waals surface area contributed by atoms with Crippen molar-refractivity contribution in [2.75, 3.05) is 26.4 Å². The molecule has 1 N–H and O–H groups in total. The topological polar surface area (TPSA) is 27.6 Å². The number of amidine groups is 1. The van der Waals surface area contributed by atoms with Crippen LogP contribution in [0.15, 0.2) is 4.99 Å². The van der Waals surface area contributed by atoms with Crippen molar-refractivity contribution >= 4 is 16.9 Å². The van der Waals surface area contributed by atoms with E-state index in [0.29, 0.717) is 5.54 Å². The normalized spacial score (nSPS) is 35.6. The second-order valence-corrected chi connectivity index (χ2v) is 7.71. The summed E-state index contributed by atoms with van der Waals surface area (Å²) in [6.45, 7) is 0.979. The fourth-order valence-corrected chi connectivity index (χ4v) is 5.06. The van der Waals surface area contributed by atoms with E-state index in [9.17, 15) is 0 Å². The molecule has 4 heteroatoms. The molecule has 0 radical (unpaired) electrons. The molecule has 3 fully saturated rings. The number of likely N-dealkylation sites (N-methyl/N-ethyl adjacent to an activating group) is 1. The lowest BCUT2D eigenvalue weighted by molar-refractivity contribution is 0.167. The minimum Gasteiger partial charge on any atom is -0.362 e. The van der Waals surface area contributed by atoms with Gasteiger partial charge in [-0.15, -0.1) is 0 Å². The van der Waals surface area contributed by atoms with Crippen LogP contribution >= 0.6 is 11.8 Å². The molecule has 2 aliphatic carbocycles. The number of thioether (sulfide) groups is 1. The first-order chi connectivity index (χ1) is 9.20. The molecule has 3 aliphatic rings. The summed E-state index contributed by atoms with van der Waals surface area (Å²) in [6, 6.07) is 0.721. The smallest absolute Gasteiger partial charge is 0.156 e. The van der Waals surface area contributed by atoms with E-state index in [0.717, 1.165) is 18.5 Å². The second-order valence-electron chi connectivity index (χ2n) is 6.70. The molecule has 1 aliphatic heterocycles. The van der Waals surface area contributed by atoms with Crippen LogP contribution in [0.25, 0.3) is 0 Å². The molecule has 0 aromatic rings. The molecule has 3 nitrogen and oxygen atoms in total. The summed E-state index contributed by atoms with van der Waals surface area (Å²) in [5.41, 5.74) is 0.335. The molecular formula is C15H27N3S. The Morgan fingerprint density at radius 1 is 1.26 bits per heavy atom. The molecule has 1 saturated heterocycles. The minimum absolute atomic E-state index is 0.335. The summed E-state index contributed by atoms with van der Waals surface area (Å²) < 4.78 is 0. The predicted octanol–water partition coefficient (Wildman–Crippen LogP) is 2.72. The SMILES string of the molecule is CN(C)C1(CN=C2NC3CCCC3CS2)CCCC1. The highest BCUT2D eigenvalue weighted by atomic mass is 32.2. The predicted molar refractivity (Wildman–Crippen MR) is 83.9 cm³/mol. The van der Waals surface area contributed by atoms with Crippen molar-refractivity contribution < 1.29 is 0 Å². The highest BCUT2D eigenvalue weighted by molar-refractivity contribution is 8.13. The van der Waals surface area contributed by atoms with Crippen LogP contribution in [0.3, 0.4) is 0 Å². The average molecular weight is 281 g/mol. The Hall–Kier alpha value is -0.220. The zero-order valence-electron chi connectivity index (χ0n) is 12.3. The number of fused-ring (bicyclic) bond motifs is 1. The van der Waals surface area contributed by atoms with Gasteiger partial charge < -0.3 is 10.2 Å². The van der Waals surface area contributed by atoms with E-state index in [1.165, 1.54) is 55.9 Å². The Morgan fingerprint density at radius 2 is 2.05 bits per heavy atom. The molecule has 3 rings (SSSR count). The van der Waals surface area contributed by atoms with Crippen molar-refractivity contribution in [3.05, 3.63) is 0 Å². The van der Waals surface area contributed by atoms with Crippen molar-refractivity contribution in [1.29, 1.82) is 0 Å². The number of nitrogens with one attached hydrogen (secondary N) is 1. The van der Waals surface area contributed by atoms with Gasteiger partial charge in [0.1, 0.15) is 0 Å². The fraction of sp³-hybridized carbons (Fsp3) is 0.933. The Morgan fingerprint density at radius 3 is 2.79 bits per heavy atom. The lowest BCUT2D eigenvalue weighted by atomic mass is 9.96. The highest BCUT2D eigenvalue weighted by Gasteiger charge is 2.37. The molecule has 0 spiro atoms. The fourth-order valence-electron chi connectivity index (χ4n) is 3.90. The first-order valence-corrected chi connectivity index (χ1v) is 8.79. The zero-order valence-corrected chi connectivity index (χ0v) is 13.1. The standard InChI is InChI=1S/C15H27N3S/c1-18(2)15(8-3-4-9-15)11-16-14-17-13-7-5-6-12(13)10-19-14/h12-13H,3-11H2,1-2H3,(H,16,17). The Labute approximate surface area is 121 Å². The molecule has 0 aromatic carbocycles. The lowest BCUT2D eigenvalue weighted by Gasteiger charge is -2.35. The summed E-state index contributed by atoms with van der Waals surface area (Å²) in [4.78, 5) is 7.36. The Balaban J connectivity index is 1.62. The Kier molecular flexibility index (Phi) is 4.08. The molecule has 2 saturated carbocycles. The van der Waals surface area contributed by atoms with E-state index < -0.39 is 0 Å². The highest BCUT2D eigenvalue weighted by Crippen LogP contribution is 2.35. The van der Waals surface area contributed by atoms with Gasteiger partial charge in [-0.2, -0.15) is 0 Å². The number of nitrogens with zero attached hydrogens (tertiary/aromatic N) is 2. The van der Waals surface area contributed by atoms with Gasteiger partial charge in [-0.05, 0) is 45.7 Å². The zero-order chi connectivity index (χ0) is 13.3. The van der Waals surface area contributed by atoms with Gasteiger partial charge in [0.2, 0.25) is 0 Å². The monoisotopic (exact) mass is 281 g/mol. The van der Waals surface area contributed by atoms with Crippen LogP contribution < -0.4 is 5.32 Å². The average Bonchev–Trinajstić information content (AvgIpc) is 3.05. The molecule has 0 amide bonds. The maximum absolute atomic E-state index is 4.95. The third-order valence-corrected chi connectivity index (χ3v) is 6.52. The van der Waals surface area contributed by atoms with Crippen LogP contribution in [0.4, 0.5) is 0 Å². The van der Waals surface area contributed by atoms with E-state index in [4.69, 9.17) is 4.99 Å². The molecule has 0 bridgehead atoms. The van der Waals surface area contributed by atoms with Gasteiger partial charge >= 0.3 is 0 Å². The quantitative estimate of drug-likeness (QED) is 0.862. The van der Waals surface area contributed by atoms with Gasteiger partial charge in [0, 0.05) is 17.3 Å².